The number of rotatable bonds is 3. The van der Waals surface area contributed by atoms with E-state index >= 15 is 0 Å². The second kappa shape index (κ2) is 6.27. The molecule has 2 aromatic rings. The smallest absolute Gasteiger partial charge is 0.253 e. The van der Waals surface area contributed by atoms with E-state index in [1.165, 1.54) is 0 Å². The van der Waals surface area contributed by atoms with Crippen LogP contribution in [0.4, 0.5) is 0 Å². The average molecular weight is 300 g/mol. The van der Waals surface area contributed by atoms with E-state index in [1.807, 2.05) is 36.1 Å². The van der Waals surface area contributed by atoms with Crippen LogP contribution in [0.25, 0.3) is 11.4 Å². The lowest BCUT2D eigenvalue weighted by Gasteiger charge is -2.32. The van der Waals surface area contributed by atoms with E-state index in [2.05, 4.69) is 15.2 Å². The Hall–Kier alpha value is -2.21. The van der Waals surface area contributed by atoms with Crippen molar-refractivity contribution in [1.82, 2.24) is 20.1 Å². The molecule has 0 aliphatic carbocycles. The third-order valence-corrected chi connectivity index (χ3v) is 4.03. The number of piperidine rings is 1. The summed E-state index contributed by atoms with van der Waals surface area (Å²) in [6.07, 6.45) is 1.92. The van der Waals surface area contributed by atoms with Crippen molar-refractivity contribution in [2.75, 3.05) is 19.7 Å². The van der Waals surface area contributed by atoms with Crippen LogP contribution in [0.2, 0.25) is 0 Å². The summed E-state index contributed by atoms with van der Waals surface area (Å²) in [4.78, 5) is 18.8. The normalized spacial score (nSPS) is 18.5. The fraction of sp³-hybridized carbons (Fsp3) is 0.438. The first-order chi connectivity index (χ1) is 10.7. The van der Waals surface area contributed by atoms with Crippen molar-refractivity contribution in [3.8, 4) is 11.4 Å². The van der Waals surface area contributed by atoms with Crippen molar-refractivity contribution in [3.63, 3.8) is 0 Å². The van der Waals surface area contributed by atoms with Gasteiger partial charge in [-0.2, -0.15) is 5.10 Å². The number of nitrogens with one attached hydrogen (secondary N) is 1. The van der Waals surface area contributed by atoms with E-state index in [1.54, 1.807) is 0 Å². The summed E-state index contributed by atoms with van der Waals surface area (Å²) >= 11 is 0. The van der Waals surface area contributed by atoms with Crippen LogP contribution >= 0.6 is 0 Å². The first-order valence-corrected chi connectivity index (χ1v) is 7.57. The van der Waals surface area contributed by atoms with Gasteiger partial charge in [0.25, 0.3) is 5.91 Å². The van der Waals surface area contributed by atoms with E-state index in [4.69, 9.17) is 0 Å². The molecule has 0 spiro atoms. The highest BCUT2D eigenvalue weighted by atomic mass is 16.3. The molecule has 1 amide bonds. The minimum atomic E-state index is 0.00672. The first kappa shape index (κ1) is 14.7. The fourth-order valence-electron chi connectivity index (χ4n) is 2.84. The zero-order valence-electron chi connectivity index (χ0n) is 12.6. The minimum Gasteiger partial charge on any atom is -0.396 e. The molecule has 0 bridgehead atoms. The Morgan fingerprint density at radius 2 is 2.36 bits per heavy atom. The highest BCUT2D eigenvalue weighted by Gasteiger charge is 2.24. The number of carbonyl (C=O) groups excluding carboxylic acids is 1. The molecule has 6 nitrogen and oxygen atoms in total. The predicted molar refractivity (Wildman–Crippen MR) is 82.3 cm³/mol. The molecule has 0 saturated carbocycles. The molecule has 0 radical (unpaired) electrons. The van der Waals surface area contributed by atoms with Crippen LogP contribution in [0.5, 0.6) is 0 Å². The van der Waals surface area contributed by atoms with Crippen molar-refractivity contribution in [3.05, 3.63) is 35.7 Å². The molecular weight excluding hydrogens is 280 g/mol. The molecule has 2 heterocycles. The number of aliphatic hydroxyl groups is 1. The van der Waals surface area contributed by atoms with Gasteiger partial charge in [-0.1, -0.05) is 12.1 Å². The van der Waals surface area contributed by atoms with Crippen LogP contribution in [-0.2, 0) is 0 Å². The summed E-state index contributed by atoms with van der Waals surface area (Å²) in [6.45, 7) is 3.35. The molecular formula is C16H20N4O2. The zero-order valence-corrected chi connectivity index (χ0v) is 12.6. The Labute approximate surface area is 129 Å². The van der Waals surface area contributed by atoms with Crippen molar-refractivity contribution >= 4 is 5.91 Å². The highest BCUT2D eigenvalue weighted by Crippen LogP contribution is 2.21. The van der Waals surface area contributed by atoms with Crippen LogP contribution in [0, 0.1) is 12.8 Å². The molecule has 1 atom stereocenters. The molecule has 1 aromatic carbocycles. The zero-order chi connectivity index (χ0) is 15.5. The number of carbonyl (C=O) groups is 1. The van der Waals surface area contributed by atoms with Gasteiger partial charge in [0.1, 0.15) is 5.82 Å². The number of hydrogen-bond acceptors (Lipinski definition) is 4. The number of aliphatic hydroxyl groups excluding tert-OH is 1. The summed E-state index contributed by atoms with van der Waals surface area (Å²) < 4.78 is 0. The third kappa shape index (κ3) is 3.01. The SMILES string of the molecule is Cc1nc(-c2cccc(C(=O)N3CCCC(CO)C3)c2)n[nH]1. The summed E-state index contributed by atoms with van der Waals surface area (Å²) in [5.41, 5.74) is 1.46. The summed E-state index contributed by atoms with van der Waals surface area (Å²) in [5.74, 6) is 1.54. The number of hydrogen-bond donors (Lipinski definition) is 2. The fourth-order valence-corrected chi connectivity index (χ4v) is 2.84. The summed E-state index contributed by atoms with van der Waals surface area (Å²) in [5, 5.41) is 16.2. The molecule has 1 saturated heterocycles. The lowest BCUT2D eigenvalue weighted by Crippen LogP contribution is -2.40. The number of aromatic amines is 1. The van der Waals surface area contributed by atoms with E-state index < -0.39 is 0 Å². The van der Waals surface area contributed by atoms with Gasteiger partial charge in [0, 0.05) is 30.8 Å². The van der Waals surface area contributed by atoms with Crippen LogP contribution < -0.4 is 0 Å². The molecule has 22 heavy (non-hydrogen) atoms. The number of aryl methyl sites for hydroxylation is 1. The molecule has 2 N–H and O–H groups in total. The van der Waals surface area contributed by atoms with Gasteiger partial charge in [-0.15, -0.1) is 0 Å². The molecule has 6 heteroatoms. The van der Waals surface area contributed by atoms with Crippen molar-refractivity contribution in [1.29, 1.82) is 0 Å². The van der Waals surface area contributed by atoms with Crippen molar-refractivity contribution < 1.29 is 9.90 Å². The molecule has 1 aromatic heterocycles. The molecule has 3 rings (SSSR count). The summed E-state index contributed by atoms with van der Waals surface area (Å²) in [7, 11) is 0. The van der Waals surface area contributed by atoms with E-state index in [0.717, 1.165) is 30.8 Å². The van der Waals surface area contributed by atoms with Crippen LogP contribution in [-0.4, -0.2) is 50.8 Å². The molecule has 1 aliphatic heterocycles. The quantitative estimate of drug-likeness (QED) is 0.902. The van der Waals surface area contributed by atoms with E-state index in [9.17, 15) is 9.90 Å². The van der Waals surface area contributed by atoms with E-state index in [-0.39, 0.29) is 18.4 Å². The predicted octanol–water partition coefficient (Wildman–Crippen LogP) is 1.62. The second-order valence-electron chi connectivity index (χ2n) is 5.77. The van der Waals surface area contributed by atoms with Gasteiger partial charge in [-0.3, -0.25) is 9.89 Å². The van der Waals surface area contributed by atoms with Crippen LogP contribution in [0.15, 0.2) is 24.3 Å². The maximum absolute atomic E-state index is 12.6. The van der Waals surface area contributed by atoms with Gasteiger partial charge >= 0.3 is 0 Å². The Bertz CT molecular complexity index is 668. The van der Waals surface area contributed by atoms with Gasteiger partial charge in [0.2, 0.25) is 0 Å². The maximum atomic E-state index is 12.6. The third-order valence-electron chi connectivity index (χ3n) is 4.03. The number of H-pyrrole nitrogens is 1. The summed E-state index contributed by atoms with van der Waals surface area (Å²) in [6, 6.07) is 7.38. The Morgan fingerprint density at radius 1 is 1.50 bits per heavy atom. The number of amides is 1. The first-order valence-electron chi connectivity index (χ1n) is 7.57. The Morgan fingerprint density at radius 3 is 3.09 bits per heavy atom. The molecule has 116 valence electrons. The average Bonchev–Trinajstić information content (AvgIpc) is 3.01. The number of aromatic nitrogens is 3. The molecule has 1 unspecified atom stereocenters. The monoisotopic (exact) mass is 300 g/mol. The second-order valence-corrected chi connectivity index (χ2v) is 5.77. The van der Waals surface area contributed by atoms with Gasteiger partial charge in [0.05, 0.1) is 0 Å². The number of likely N-dealkylation sites (tertiary alicyclic amines) is 1. The standard InChI is InChI=1S/C16H20N4O2/c1-11-17-15(19-18-11)13-5-2-6-14(8-13)16(22)20-7-3-4-12(9-20)10-21/h2,5-6,8,12,21H,3-4,7,9-10H2,1H3,(H,17,18,19). The lowest BCUT2D eigenvalue weighted by atomic mass is 9.98. The Kier molecular flexibility index (Phi) is 4.20. The lowest BCUT2D eigenvalue weighted by molar-refractivity contribution is 0.0621. The minimum absolute atomic E-state index is 0.00672. The van der Waals surface area contributed by atoms with Gasteiger partial charge < -0.3 is 10.0 Å². The largest absolute Gasteiger partial charge is 0.396 e. The maximum Gasteiger partial charge on any atom is 0.253 e. The van der Waals surface area contributed by atoms with Gasteiger partial charge in [0.15, 0.2) is 5.82 Å². The molecule has 1 aliphatic rings. The van der Waals surface area contributed by atoms with Crippen molar-refractivity contribution in [2.45, 2.75) is 19.8 Å². The van der Waals surface area contributed by atoms with E-state index in [0.29, 0.717) is 17.9 Å². The van der Waals surface area contributed by atoms with Crippen LogP contribution in [0.3, 0.4) is 0 Å². The van der Waals surface area contributed by atoms with Crippen molar-refractivity contribution in [2.24, 2.45) is 5.92 Å². The molecule has 1 fully saturated rings. The topological polar surface area (TPSA) is 82.1 Å². The highest BCUT2D eigenvalue weighted by molar-refractivity contribution is 5.95. The Balaban J connectivity index is 1.81. The van der Waals surface area contributed by atoms with Gasteiger partial charge in [-0.05, 0) is 37.8 Å². The van der Waals surface area contributed by atoms with Crippen LogP contribution in [0.1, 0.15) is 29.0 Å². The van der Waals surface area contributed by atoms with Gasteiger partial charge in [-0.25, -0.2) is 4.98 Å². The number of nitrogens with zero attached hydrogens (tertiary/aromatic N) is 3. The number of benzene rings is 1.